The van der Waals surface area contributed by atoms with E-state index >= 15 is 0 Å². The normalized spacial score (nSPS) is 10.7. The van der Waals surface area contributed by atoms with Crippen LogP contribution in [0.1, 0.15) is 0 Å². The summed E-state index contributed by atoms with van der Waals surface area (Å²) in [5.41, 5.74) is 2.39. The number of ether oxygens (including phenoxy) is 1. The third-order valence-electron chi connectivity index (χ3n) is 2.29. The van der Waals surface area contributed by atoms with E-state index < -0.39 is 0 Å². The summed E-state index contributed by atoms with van der Waals surface area (Å²) in [5.74, 6) is 0.898. The SMILES string of the molecule is COc1ccc2c(c1)n(C)c[n+]2C. The van der Waals surface area contributed by atoms with Gasteiger partial charge in [-0.2, -0.15) is 0 Å². The smallest absolute Gasteiger partial charge is 0.244 e. The zero-order chi connectivity index (χ0) is 9.42. The van der Waals surface area contributed by atoms with Crippen molar-refractivity contribution in [2.24, 2.45) is 14.1 Å². The van der Waals surface area contributed by atoms with E-state index in [-0.39, 0.29) is 0 Å². The highest BCUT2D eigenvalue weighted by atomic mass is 16.5. The molecule has 0 atom stereocenters. The van der Waals surface area contributed by atoms with Crippen molar-refractivity contribution in [3.63, 3.8) is 0 Å². The fourth-order valence-electron chi connectivity index (χ4n) is 1.60. The average molecular weight is 177 g/mol. The van der Waals surface area contributed by atoms with Gasteiger partial charge in [0.25, 0.3) is 0 Å². The van der Waals surface area contributed by atoms with Crippen LogP contribution in [0.5, 0.6) is 5.75 Å². The van der Waals surface area contributed by atoms with Crippen LogP contribution in [0.3, 0.4) is 0 Å². The molecule has 0 aliphatic heterocycles. The first-order chi connectivity index (χ1) is 6.22. The predicted octanol–water partition coefficient (Wildman–Crippen LogP) is 1.01. The Labute approximate surface area is 77.2 Å². The van der Waals surface area contributed by atoms with E-state index in [1.165, 1.54) is 11.0 Å². The van der Waals surface area contributed by atoms with Gasteiger partial charge in [0, 0.05) is 6.07 Å². The molecule has 0 spiro atoms. The summed E-state index contributed by atoms with van der Waals surface area (Å²) in [5, 5.41) is 0. The lowest BCUT2D eigenvalue weighted by molar-refractivity contribution is -0.645. The van der Waals surface area contributed by atoms with E-state index in [0.29, 0.717) is 0 Å². The van der Waals surface area contributed by atoms with Crippen LogP contribution in [0.15, 0.2) is 24.5 Å². The van der Waals surface area contributed by atoms with Crippen molar-refractivity contribution < 1.29 is 9.30 Å². The minimum Gasteiger partial charge on any atom is -0.497 e. The number of rotatable bonds is 1. The first kappa shape index (κ1) is 8.10. The Morgan fingerprint density at radius 2 is 2.15 bits per heavy atom. The van der Waals surface area contributed by atoms with Crippen LogP contribution in [0.25, 0.3) is 11.0 Å². The topological polar surface area (TPSA) is 18.0 Å². The maximum atomic E-state index is 5.16. The second-order valence-corrected chi connectivity index (χ2v) is 3.19. The van der Waals surface area contributed by atoms with Crippen LogP contribution in [0, 0.1) is 0 Å². The van der Waals surface area contributed by atoms with Crippen LogP contribution < -0.4 is 9.30 Å². The number of aryl methyl sites for hydroxylation is 2. The van der Waals surface area contributed by atoms with Gasteiger partial charge in [-0.25, -0.2) is 9.13 Å². The van der Waals surface area contributed by atoms with Gasteiger partial charge in [-0.05, 0) is 12.1 Å². The van der Waals surface area contributed by atoms with Gasteiger partial charge in [0.05, 0.1) is 21.2 Å². The zero-order valence-electron chi connectivity index (χ0n) is 8.11. The van der Waals surface area contributed by atoms with Gasteiger partial charge < -0.3 is 4.74 Å². The van der Waals surface area contributed by atoms with Gasteiger partial charge in [-0.3, -0.25) is 0 Å². The van der Waals surface area contributed by atoms with Crippen molar-refractivity contribution in [1.29, 1.82) is 0 Å². The van der Waals surface area contributed by atoms with Gasteiger partial charge in [-0.15, -0.1) is 0 Å². The van der Waals surface area contributed by atoms with Crippen LogP contribution in [-0.4, -0.2) is 11.7 Å². The molecule has 1 heterocycles. The lowest BCUT2D eigenvalue weighted by Gasteiger charge is -1.96. The van der Waals surface area contributed by atoms with Crippen LogP contribution in [0.4, 0.5) is 0 Å². The number of imidazole rings is 1. The standard InChI is InChI=1S/C10H13N2O/c1-11-7-12(2)10-6-8(13-3)4-5-9(10)11/h4-7H,1-3H3/q+1. The summed E-state index contributed by atoms with van der Waals surface area (Å²) in [4.78, 5) is 0. The molecular formula is C10H13N2O+. The third kappa shape index (κ3) is 1.16. The van der Waals surface area contributed by atoms with E-state index in [4.69, 9.17) is 4.74 Å². The molecule has 0 aliphatic rings. The predicted molar refractivity (Wildman–Crippen MR) is 50.6 cm³/mol. The molecule has 0 amide bonds. The van der Waals surface area contributed by atoms with Gasteiger partial charge >= 0.3 is 0 Å². The number of hydrogen-bond donors (Lipinski definition) is 0. The summed E-state index contributed by atoms with van der Waals surface area (Å²) in [6.45, 7) is 0. The molecule has 0 fully saturated rings. The number of nitrogens with zero attached hydrogens (tertiary/aromatic N) is 2. The molecule has 0 unspecified atom stereocenters. The van der Waals surface area contributed by atoms with E-state index in [1.54, 1.807) is 7.11 Å². The second-order valence-electron chi connectivity index (χ2n) is 3.19. The van der Waals surface area contributed by atoms with Gasteiger partial charge in [0.1, 0.15) is 5.75 Å². The van der Waals surface area contributed by atoms with Crippen molar-refractivity contribution in [3.05, 3.63) is 24.5 Å². The molecule has 2 aromatic rings. The Bertz CT molecular complexity index is 445. The summed E-state index contributed by atoms with van der Waals surface area (Å²) in [6.07, 6.45) is 2.05. The number of aromatic nitrogens is 2. The Kier molecular flexibility index (Phi) is 1.72. The summed E-state index contributed by atoms with van der Waals surface area (Å²) < 4.78 is 9.34. The third-order valence-corrected chi connectivity index (χ3v) is 2.29. The Hall–Kier alpha value is -1.51. The second kappa shape index (κ2) is 2.76. The summed E-state index contributed by atoms with van der Waals surface area (Å²) in [7, 11) is 5.75. The van der Waals surface area contributed by atoms with Crippen molar-refractivity contribution in [1.82, 2.24) is 4.57 Å². The van der Waals surface area contributed by atoms with Gasteiger partial charge in [0.2, 0.25) is 6.33 Å². The van der Waals surface area contributed by atoms with E-state index in [1.807, 2.05) is 32.6 Å². The highest BCUT2D eigenvalue weighted by Crippen LogP contribution is 2.17. The van der Waals surface area contributed by atoms with E-state index in [9.17, 15) is 0 Å². The van der Waals surface area contributed by atoms with Crippen LogP contribution in [0.2, 0.25) is 0 Å². The Balaban J connectivity index is 2.76. The van der Waals surface area contributed by atoms with Crippen LogP contribution >= 0.6 is 0 Å². The zero-order valence-corrected chi connectivity index (χ0v) is 8.11. The molecule has 0 radical (unpaired) electrons. The number of benzene rings is 1. The Morgan fingerprint density at radius 1 is 1.38 bits per heavy atom. The molecule has 1 aromatic heterocycles. The summed E-state index contributed by atoms with van der Waals surface area (Å²) >= 11 is 0. The first-order valence-corrected chi connectivity index (χ1v) is 4.21. The molecule has 0 saturated carbocycles. The van der Waals surface area contributed by atoms with Crippen molar-refractivity contribution in [3.8, 4) is 5.75 Å². The molecule has 0 aliphatic carbocycles. The maximum absolute atomic E-state index is 5.16. The number of methoxy groups -OCH3 is 1. The van der Waals surface area contributed by atoms with Crippen molar-refractivity contribution in [2.45, 2.75) is 0 Å². The number of hydrogen-bond acceptors (Lipinski definition) is 1. The molecule has 2 rings (SSSR count). The molecule has 0 N–H and O–H groups in total. The average Bonchev–Trinajstić information content (AvgIpc) is 2.42. The van der Waals surface area contributed by atoms with E-state index in [0.717, 1.165) is 5.75 Å². The Morgan fingerprint density at radius 3 is 2.85 bits per heavy atom. The molecule has 68 valence electrons. The van der Waals surface area contributed by atoms with Crippen LogP contribution in [-0.2, 0) is 14.1 Å². The summed E-state index contributed by atoms with van der Waals surface area (Å²) in [6, 6.07) is 6.08. The van der Waals surface area contributed by atoms with E-state index in [2.05, 4.69) is 15.2 Å². The highest BCUT2D eigenvalue weighted by Gasteiger charge is 2.10. The highest BCUT2D eigenvalue weighted by molar-refractivity contribution is 5.73. The maximum Gasteiger partial charge on any atom is 0.244 e. The van der Waals surface area contributed by atoms with Gasteiger partial charge in [-0.1, -0.05) is 0 Å². The van der Waals surface area contributed by atoms with Crippen molar-refractivity contribution >= 4 is 11.0 Å². The quantitative estimate of drug-likeness (QED) is 0.594. The molecule has 3 heteroatoms. The molecular weight excluding hydrogens is 164 g/mol. The molecule has 0 saturated heterocycles. The molecule has 3 nitrogen and oxygen atoms in total. The minimum atomic E-state index is 0.898. The molecule has 0 bridgehead atoms. The number of fused-ring (bicyclic) bond motifs is 1. The molecule has 1 aromatic carbocycles. The fourth-order valence-corrected chi connectivity index (χ4v) is 1.60. The monoisotopic (exact) mass is 177 g/mol. The lowest BCUT2D eigenvalue weighted by Crippen LogP contribution is -2.25. The molecule has 13 heavy (non-hydrogen) atoms. The largest absolute Gasteiger partial charge is 0.497 e. The lowest BCUT2D eigenvalue weighted by atomic mass is 10.3. The minimum absolute atomic E-state index is 0.898. The van der Waals surface area contributed by atoms with Crippen molar-refractivity contribution in [2.75, 3.05) is 7.11 Å². The first-order valence-electron chi connectivity index (χ1n) is 4.21. The van der Waals surface area contributed by atoms with Gasteiger partial charge in [0.15, 0.2) is 11.0 Å². The fraction of sp³-hybridized carbons (Fsp3) is 0.300.